The standard InChI is InChI=1S/C38H50N10O2S2/c1-9-39-25(4)41-38(42-26(5)40-30-14-12-13-15-34(30)46(6)44-32-23-28(51)17-20-36(32)49)43-31-22-27(48(10-2)11-3)16-19-35(31)47(7)45-33-24-29(52)18-21-37(33)50-8/h12-24,40,44-45,49,51-52H,5,9-11H2,1-4,6-8H3,(H2,39,41,42,43). The van der Waals surface area contributed by atoms with Gasteiger partial charge in [-0.05, 0) is 94.4 Å². The van der Waals surface area contributed by atoms with Crippen LogP contribution in [0.2, 0.25) is 0 Å². The molecule has 0 radical (unpaired) electrons. The number of para-hydroxylation sites is 2. The first-order valence-electron chi connectivity index (χ1n) is 16.9. The molecule has 0 saturated carbocycles. The van der Waals surface area contributed by atoms with Gasteiger partial charge >= 0.3 is 0 Å². The molecule has 0 saturated heterocycles. The minimum Gasteiger partial charge on any atom is -0.506 e. The highest BCUT2D eigenvalue weighted by Crippen LogP contribution is 2.34. The third kappa shape index (κ3) is 10.6. The van der Waals surface area contributed by atoms with Gasteiger partial charge in [0.05, 0.1) is 41.2 Å². The zero-order valence-electron chi connectivity index (χ0n) is 30.8. The van der Waals surface area contributed by atoms with Crippen molar-refractivity contribution in [2.45, 2.75) is 37.5 Å². The van der Waals surface area contributed by atoms with Crippen molar-refractivity contribution in [3.8, 4) is 11.5 Å². The molecule has 12 nitrogen and oxygen atoms in total. The molecule has 4 rings (SSSR count). The summed E-state index contributed by atoms with van der Waals surface area (Å²) in [5, 5.41) is 24.2. The van der Waals surface area contributed by atoms with Gasteiger partial charge in [-0.1, -0.05) is 18.7 Å². The van der Waals surface area contributed by atoms with E-state index in [-0.39, 0.29) is 5.75 Å². The van der Waals surface area contributed by atoms with E-state index in [1.165, 1.54) is 0 Å². The number of thiol groups is 2. The number of nitrogens with one attached hydrogen (secondary N) is 5. The summed E-state index contributed by atoms with van der Waals surface area (Å²) < 4.78 is 5.61. The third-order valence-electron chi connectivity index (χ3n) is 7.95. The van der Waals surface area contributed by atoms with E-state index in [4.69, 9.17) is 14.7 Å². The zero-order valence-corrected chi connectivity index (χ0v) is 32.6. The second-order valence-corrected chi connectivity index (χ2v) is 12.7. The second kappa shape index (κ2) is 18.8. The van der Waals surface area contributed by atoms with Crippen LogP contribution in [0, 0.1) is 0 Å². The molecule has 0 aromatic heterocycles. The molecule has 0 bridgehead atoms. The summed E-state index contributed by atoms with van der Waals surface area (Å²) in [5.41, 5.74) is 12.1. The summed E-state index contributed by atoms with van der Waals surface area (Å²) in [5.74, 6) is 2.13. The molecule has 0 amide bonds. The van der Waals surface area contributed by atoms with Crippen molar-refractivity contribution >= 4 is 76.9 Å². The Hall–Kier alpha value is -5.34. The number of aromatic hydroxyl groups is 1. The maximum absolute atomic E-state index is 10.4. The number of benzene rings is 4. The van der Waals surface area contributed by atoms with Gasteiger partial charge in [-0.15, -0.1) is 25.3 Å². The Balaban J connectivity index is 1.70. The number of hydrogen-bond donors (Lipinski definition) is 8. The van der Waals surface area contributed by atoms with E-state index in [0.717, 1.165) is 57.0 Å². The molecule has 4 aromatic carbocycles. The Kier molecular flexibility index (Phi) is 14.2. The highest BCUT2D eigenvalue weighted by molar-refractivity contribution is 7.80. The second-order valence-electron chi connectivity index (χ2n) is 11.7. The number of aliphatic imine (C=N–C) groups is 2. The molecule has 4 aromatic rings. The normalized spacial score (nSPS) is 11.4. The summed E-state index contributed by atoms with van der Waals surface area (Å²) in [4.78, 5) is 13.4. The van der Waals surface area contributed by atoms with E-state index >= 15 is 0 Å². The molecule has 0 aliphatic rings. The third-order valence-corrected chi connectivity index (χ3v) is 8.50. The number of guanidine groups is 1. The lowest BCUT2D eigenvalue weighted by atomic mass is 10.2. The predicted molar refractivity (Wildman–Crippen MR) is 227 cm³/mol. The lowest BCUT2D eigenvalue weighted by Gasteiger charge is -2.28. The molecule has 0 heterocycles. The van der Waals surface area contributed by atoms with E-state index in [1.54, 1.807) is 30.3 Å². The summed E-state index contributed by atoms with van der Waals surface area (Å²) >= 11 is 8.95. The number of hydrogen-bond acceptors (Lipinski definition) is 11. The summed E-state index contributed by atoms with van der Waals surface area (Å²) in [6.45, 7) is 14.8. The van der Waals surface area contributed by atoms with Gasteiger partial charge in [-0.2, -0.15) is 4.99 Å². The fourth-order valence-corrected chi connectivity index (χ4v) is 5.83. The first-order chi connectivity index (χ1) is 25.0. The Labute approximate surface area is 318 Å². The van der Waals surface area contributed by atoms with Crippen LogP contribution in [0.4, 0.5) is 39.8 Å². The summed E-state index contributed by atoms with van der Waals surface area (Å²) in [6.07, 6.45) is 0. The van der Waals surface area contributed by atoms with Gasteiger partial charge in [-0.25, -0.2) is 4.99 Å². The number of phenolic OH excluding ortho intramolecular Hbond substituents is 1. The monoisotopic (exact) mass is 742 g/mol. The van der Waals surface area contributed by atoms with Crippen molar-refractivity contribution in [1.29, 1.82) is 0 Å². The lowest BCUT2D eigenvalue weighted by Crippen LogP contribution is -2.28. The number of nitrogens with zero attached hydrogens (tertiary/aromatic N) is 5. The van der Waals surface area contributed by atoms with Gasteiger partial charge < -0.3 is 30.7 Å². The minimum atomic E-state index is 0.105. The van der Waals surface area contributed by atoms with Gasteiger partial charge in [0.2, 0.25) is 5.96 Å². The highest BCUT2D eigenvalue weighted by Gasteiger charge is 2.16. The van der Waals surface area contributed by atoms with Crippen LogP contribution in [0.3, 0.4) is 0 Å². The number of hydrazine groups is 2. The van der Waals surface area contributed by atoms with Gasteiger partial charge in [0.15, 0.2) is 0 Å². The fraction of sp³-hybridized carbons (Fsp3) is 0.263. The van der Waals surface area contributed by atoms with E-state index < -0.39 is 0 Å². The van der Waals surface area contributed by atoms with Crippen LogP contribution >= 0.6 is 25.3 Å². The average molecular weight is 743 g/mol. The number of rotatable bonds is 15. The predicted octanol–water partition coefficient (Wildman–Crippen LogP) is 8.13. The molecule has 0 atom stereocenters. The molecule has 0 aliphatic heterocycles. The topological polar surface area (TPSA) is 124 Å². The first kappa shape index (κ1) is 39.4. The van der Waals surface area contributed by atoms with E-state index in [9.17, 15) is 5.11 Å². The van der Waals surface area contributed by atoms with Crippen LogP contribution in [-0.2, 0) is 0 Å². The molecule has 0 aliphatic carbocycles. The summed E-state index contributed by atoms with van der Waals surface area (Å²) in [7, 11) is 5.42. The number of methoxy groups -OCH3 is 1. The fourth-order valence-electron chi connectivity index (χ4n) is 5.42. The van der Waals surface area contributed by atoms with Crippen LogP contribution in [0.25, 0.3) is 0 Å². The van der Waals surface area contributed by atoms with E-state index in [1.807, 2.05) is 81.5 Å². The van der Waals surface area contributed by atoms with Crippen LogP contribution in [-0.4, -0.2) is 57.7 Å². The van der Waals surface area contributed by atoms with E-state index in [0.29, 0.717) is 35.6 Å². The first-order valence-corrected chi connectivity index (χ1v) is 17.8. The maximum Gasteiger partial charge on any atom is 0.230 e. The van der Waals surface area contributed by atoms with Crippen molar-refractivity contribution in [2.24, 2.45) is 9.98 Å². The zero-order chi connectivity index (χ0) is 37.8. The van der Waals surface area contributed by atoms with Crippen molar-refractivity contribution in [2.75, 3.05) is 77.2 Å². The minimum absolute atomic E-state index is 0.105. The average Bonchev–Trinajstić information content (AvgIpc) is 3.10. The van der Waals surface area contributed by atoms with Crippen molar-refractivity contribution in [3.05, 3.63) is 91.3 Å². The van der Waals surface area contributed by atoms with Gasteiger partial charge in [0, 0.05) is 49.2 Å². The molecule has 6 N–H and O–H groups in total. The molecule has 0 unspecified atom stereocenters. The van der Waals surface area contributed by atoms with Crippen LogP contribution in [0.15, 0.2) is 111 Å². The number of anilines is 7. The molecule has 0 spiro atoms. The highest BCUT2D eigenvalue weighted by atomic mass is 32.1. The number of ether oxygens (including phenoxy) is 1. The van der Waals surface area contributed by atoms with Gasteiger partial charge in [0.1, 0.15) is 23.2 Å². The Bertz CT molecular complexity index is 1900. The molecule has 276 valence electrons. The van der Waals surface area contributed by atoms with Crippen LogP contribution in [0.1, 0.15) is 27.7 Å². The quantitative estimate of drug-likeness (QED) is 0.0199. The van der Waals surface area contributed by atoms with Crippen LogP contribution in [0.5, 0.6) is 11.5 Å². The van der Waals surface area contributed by atoms with E-state index in [2.05, 4.69) is 89.5 Å². The van der Waals surface area contributed by atoms with Crippen molar-refractivity contribution in [1.82, 2.24) is 5.32 Å². The molecule has 14 heteroatoms. The number of phenols is 1. The summed E-state index contributed by atoms with van der Waals surface area (Å²) in [6, 6.07) is 24.7. The van der Waals surface area contributed by atoms with Crippen molar-refractivity contribution in [3.63, 3.8) is 0 Å². The maximum atomic E-state index is 10.4. The van der Waals surface area contributed by atoms with Crippen LogP contribution < -0.4 is 46.5 Å². The largest absolute Gasteiger partial charge is 0.506 e. The Morgan fingerprint density at radius 1 is 0.769 bits per heavy atom. The smallest absolute Gasteiger partial charge is 0.230 e. The molecular formula is C38H50N10O2S2. The van der Waals surface area contributed by atoms with Gasteiger partial charge in [-0.3, -0.25) is 20.9 Å². The van der Waals surface area contributed by atoms with Crippen molar-refractivity contribution < 1.29 is 9.84 Å². The molecular weight excluding hydrogens is 693 g/mol. The Morgan fingerprint density at radius 3 is 2.08 bits per heavy atom. The van der Waals surface area contributed by atoms with Gasteiger partial charge in [0.25, 0.3) is 0 Å². The molecule has 52 heavy (non-hydrogen) atoms. The number of amidine groups is 1. The SMILES string of the molecule is C=C(/N=C(\N=C(/C)NCC)Nc1cc(N(CC)CC)ccc1N(C)Nc1cc(S)ccc1OC)Nc1ccccc1N(C)Nc1cc(S)ccc1O. The molecule has 0 fully saturated rings. The lowest BCUT2D eigenvalue weighted by molar-refractivity contribution is 0.416. The Morgan fingerprint density at radius 2 is 1.40 bits per heavy atom.